The third-order valence-corrected chi connectivity index (χ3v) is 6.00. The fraction of sp³-hybridized carbons (Fsp3) is 0.750. The maximum Gasteiger partial charge on any atom is 0.262 e. The van der Waals surface area contributed by atoms with Crippen molar-refractivity contribution >= 4 is 15.8 Å². The molecule has 19 heavy (non-hydrogen) atoms. The van der Waals surface area contributed by atoms with Crippen LogP contribution in [0.5, 0.6) is 0 Å². The van der Waals surface area contributed by atoms with Crippen molar-refractivity contribution in [3.63, 3.8) is 0 Å². The number of aryl methyl sites for hydroxylation is 1. The van der Waals surface area contributed by atoms with Crippen LogP contribution in [0.15, 0.2) is 11.4 Å². The van der Waals surface area contributed by atoms with Crippen molar-refractivity contribution in [1.82, 2.24) is 13.9 Å². The summed E-state index contributed by atoms with van der Waals surface area (Å²) in [6, 6.07) is 0.0584. The van der Waals surface area contributed by atoms with E-state index in [2.05, 4.69) is 11.9 Å². The maximum absolute atomic E-state index is 12.6. The van der Waals surface area contributed by atoms with Gasteiger partial charge >= 0.3 is 0 Å². The summed E-state index contributed by atoms with van der Waals surface area (Å²) in [5, 5.41) is 0.0910. The normalized spacial score (nSPS) is 24.8. The number of sulfonamides is 1. The first kappa shape index (κ1) is 14.3. The van der Waals surface area contributed by atoms with Crippen LogP contribution in [0.25, 0.3) is 0 Å². The third-order valence-electron chi connectivity index (χ3n) is 3.96. The van der Waals surface area contributed by atoms with Crippen molar-refractivity contribution in [2.75, 3.05) is 12.8 Å². The summed E-state index contributed by atoms with van der Waals surface area (Å²) in [6.07, 6.45) is 5.51. The first-order valence-corrected chi connectivity index (χ1v) is 8.03. The molecule has 108 valence electrons. The van der Waals surface area contributed by atoms with Gasteiger partial charge in [0.15, 0.2) is 10.8 Å². The van der Waals surface area contributed by atoms with Crippen molar-refractivity contribution < 1.29 is 8.42 Å². The molecule has 2 N–H and O–H groups in total. The molecule has 0 aliphatic heterocycles. The summed E-state index contributed by atoms with van der Waals surface area (Å²) >= 11 is 0. The predicted molar refractivity (Wildman–Crippen MR) is 74.0 cm³/mol. The number of hydrogen-bond acceptors (Lipinski definition) is 4. The van der Waals surface area contributed by atoms with Crippen LogP contribution in [-0.4, -0.2) is 35.4 Å². The maximum atomic E-state index is 12.6. The molecule has 0 saturated heterocycles. The number of anilines is 1. The number of nitrogens with two attached hydrogens (primary N) is 1. The number of aromatic nitrogens is 2. The highest BCUT2D eigenvalue weighted by atomic mass is 32.2. The monoisotopic (exact) mass is 286 g/mol. The van der Waals surface area contributed by atoms with Crippen LogP contribution in [0.4, 0.5) is 5.82 Å². The van der Waals surface area contributed by atoms with Gasteiger partial charge in [-0.1, -0.05) is 19.8 Å². The lowest BCUT2D eigenvalue weighted by Crippen LogP contribution is -2.40. The van der Waals surface area contributed by atoms with Crippen LogP contribution in [-0.2, 0) is 17.1 Å². The third kappa shape index (κ3) is 2.62. The van der Waals surface area contributed by atoms with Crippen LogP contribution < -0.4 is 5.73 Å². The summed E-state index contributed by atoms with van der Waals surface area (Å²) < 4.78 is 28.2. The van der Waals surface area contributed by atoms with Crippen molar-refractivity contribution in [2.24, 2.45) is 13.0 Å². The molecular weight excluding hydrogens is 264 g/mol. The van der Waals surface area contributed by atoms with Crippen molar-refractivity contribution in [2.45, 2.75) is 43.7 Å². The Labute approximate surface area is 114 Å². The highest BCUT2D eigenvalue weighted by molar-refractivity contribution is 7.89. The zero-order chi connectivity index (χ0) is 14.2. The zero-order valence-corrected chi connectivity index (χ0v) is 12.5. The predicted octanol–water partition coefficient (Wildman–Crippen LogP) is 1.20. The first-order valence-electron chi connectivity index (χ1n) is 6.59. The van der Waals surface area contributed by atoms with Gasteiger partial charge in [-0.05, 0) is 18.8 Å². The molecule has 6 nitrogen and oxygen atoms in total. The van der Waals surface area contributed by atoms with Crippen molar-refractivity contribution in [3.05, 3.63) is 6.33 Å². The van der Waals surface area contributed by atoms with E-state index in [9.17, 15) is 8.42 Å². The molecule has 1 fully saturated rings. The highest BCUT2D eigenvalue weighted by Gasteiger charge is 2.34. The molecule has 2 unspecified atom stereocenters. The summed E-state index contributed by atoms with van der Waals surface area (Å²) in [5.41, 5.74) is 5.68. The Balaban J connectivity index is 2.29. The van der Waals surface area contributed by atoms with Gasteiger partial charge in [-0.15, -0.1) is 0 Å². The molecule has 1 aromatic rings. The van der Waals surface area contributed by atoms with Crippen LogP contribution in [0.2, 0.25) is 0 Å². The van der Waals surface area contributed by atoms with E-state index in [1.165, 1.54) is 21.6 Å². The van der Waals surface area contributed by atoms with Gasteiger partial charge in [-0.3, -0.25) is 0 Å². The Morgan fingerprint density at radius 1 is 1.47 bits per heavy atom. The Kier molecular flexibility index (Phi) is 3.87. The van der Waals surface area contributed by atoms with E-state index in [1.54, 1.807) is 14.1 Å². The number of rotatable bonds is 3. The molecule has 0 spiro atoms. The van der Waals surface area contributed by atoms with E-state index in [0.29, 0.717) is 5.92 Å². The lowest BCUT2D eigenvalue weighted by Gasteiger charge is -2.33. The minimum Gasteiger partial charge on any atom is -0.381 e. The molecular formula is C12H22N4O2S. The lowest BCUT2D eigenvalue weighted by molar-refractivity contribution is 0.238. The molecule has 7 heteroatoms. The number of nitrogens with zero attached hydrogens (tertiary/aromatic N) is 3. The van der Waals surface area contributed by atoms with Gasteiger partial charge in [0.1, 0.15) is 0 Å². The fourth-order valence-corrected chi connectivity index (χ4v) is 4.40. The quantitative estimate of drug-likeness (QED) is 0.905. The second-order valence-corrected chi connectivity index (χ2v) is 7.41. The molecule has 0 bridgehead atoms. The Bertz CT molecular complexity index is 533. The van der Waals surface area contributed by atoms with E-state index in [4.69, 9.17) is 5.73 Å². The summed E-state index contributed by atoms with van der Waals surface area (Å²) in [6.45, 7) is 2.17. The summed E-state index contributed by atoms with van der Waals surface area (Å²) in [5.74, 6) is 0.637. The average molecular weight is 286 g/mol. The van der Waals surface area contributed by atoms with Crippen LogP contribution in [0.3, 0.4) is 0 Å². The molecule has 0 amide bonds. The average Bonchev–Trinajstić information content (AvgIpc) is 2.68. The Morgan fingerprint density at radius 2 is 2.16 bits per heavy atom. The topological polar surface area (TPSA) is 81.2 Å². The minimum atomic E-state index is -3.57. The zero-order valence-electron chi connectivity index (χ0n) is 11.7. The molecule has 1 saturated carbocycles. The number of imidazole rings is 1. The number of hydrogen-bond donors (Lipinski definition) is 1. The molecule has 1 aliphatic carbocycles. The smallest absolute Gasteiger partial charge is 0.262 e. The fourth-order valence-electron chi connectivity index (χ4n) is 2.82. The highest BCUT2D eigenvalue weighted by Crippen LogP contribution is 2.30. The Hall–Kier alpha value is -1.08. The van der Waals surface area contributed by atoms with Crippen LogP contribution in [0.1, 0.15) is 32.6 Å². The van der Waals surface area contributed by atoms with Gasteiger partial charge in [-0.2, -0.15) is 4.31 Å². The molecule has 0 aromatic carbocycles. The minimum absolute atomic E-state index is 0.0584. The lowest BCUT2D eigenvalue weighted by atomic mass is 9.87. The molecule has 1 aliphatic rings. The molecule has 0 radical (unpaired) electrons. The largest absolute Gasteiger partial charge is 0.381 e. The SMILES string of the molecule is CC1CCCC(N(C)S(=O)(=O)c2c(N)ncn2C)C1. The van der Waals surface area contributed by atoms with E-state index >= 15 is 0 Å². The van der Waals surface area contributed by atoms with Gasteiger partial charge < -0.3 is 10.3 Å². The van der Waals surface area contributed by atoms with Gasteiger partial charge in [0, 0.05) is 20.1 Å². The van der Waals surface area contributed by atoms with Gasteiger partial charge in [0.2, 0.25) is 0 Å². The molecule has 1 heterocycles. The van der Waals surface area contributed by atoms with Crippen LogP contribution in [0, 0.1) is 5.92 Å². The summed E-state index contributed by atoms with van der Waals surface area (Å²) in [4.78, 5) is 3.86. The van der Waals surface area contributed by atoms with Gasteiger partial charge in [0.05, 0.1) is 6.33 Å². The summed E-state index contributed by atoms with van der Waals surface area (Å²) in [7, 11) is -0.282. The van der Waals surface area contributed by atoms with Crippen molar-refractivity contribution in [3.8, 4) is 0 Å². The van der Waals surface area contributed by atoms with E-state index in [1.807, 2.05) is 0 Å². The Morgan fingerprint density at radius 3 is 2.68 bits per heavy atom. The van der Waals surface area contributed by atoms with E-state index < -0.39 is 10.0 Å². The second kappa shape index (κ2) is 5.13. The standard InChI is InChI=1S/C12H22N4O2S/c1-9-5-4-6-10(7-9)16(3)19(17,18)12-11(13)14-8-15(12)2/h8-10H,4-7,13H2,1-3H3. The second-order valence-electron chi connectivity index (χ2n) is 5.49. The van der Waals surface area contributed by atoms with Gasteiger partial charge in [-0.25, -0.2) is 13.4 Å². The molecule has 2 rings (SSSR count). The first-order chi connectivity index (χ1) is 8.84. The van der Waals surface area contributed by atoms with Gasteiger partial charge in [0.25, 0.3) is 10.0 Å². The number of nitrogen functional groups attached to an aromatic ring is 1. The van der Waals surface area contributed by atoms with Crippen molar-refractivity contribution in [1.29, 1.82) is 0 Å². The van der Waals surface area contributed by atoms with E-state index in [0.717, 1.165) is 19.3 Å². The molecule has 2 atom stereocenters. The molecule has 1 aromatic heterocycles. The van der Waals surface area contributed by atoms with E-state index in [-0.39, 0.29) is 16.9 Å². The van der Waals surface area contributed by atoms with Crippen LogP contribution >= 0.6 is 0 Å².